The maximum absolute atomic E-state index is 4.13. The van der Waals surface area contributed by atoms with Crippen molar-refractivity contribution in [1.82, 2.24) is 15.0 Å². The lowest BCUT2D eigenvalue weighted by Crippen LogP contribution is -1.82. The normalized spacial score (nSPS) is 8.77. The monoisotopic (exact) mass is 175 g/mol. The Balaban J connectivity index is 0.000000396. The van der Waals surface area contributed by atoms with Gasteiger partial charge in [-0.2, -0.15) is 0 Å². The number of H-pyrrole nitrogens is 1. The van der Waals surface area contributed by atoms with Crippen molar-refractivity contribution in [2.24, 2.45) is 0 Å². The zero-order valence-electron chi connectivity index (χ0n) is 7.86. The second-order valence-electron chi connectivity index (χ2n) is 2.15. The van der Waals surface area contributed by atoms with E-state index in [1.165, 1.54) is 0 Å². The molecule has 0 aliphatic carbocycles. The van der Waals surface area contributed by atoms with Crippen LogP contribution in [0.25, 0.3) is 11.5 Å². The van der Waals surface area contributed by atoms with E-state index in [0.717, 1.165) is 11.5 Å². The van der Waals surface area contributed by atoms with E-state index in [-0.39, 0.29) is 0 Å². The zero-order valence-corrected chi connectivity index (χ0v) is 7.86. The largest absolute Gasteiger partial charge is 0.343 e. The molecule has 0 aliphatic heterocycles. The van der Waals surface area contributed by atoms with Gasteiger partial charge in [-0.15, -0.1) is 0 Å². The molecule has 0 radical (unpaired) electrons. The van der Waals surface area contributed by atoms with Crippen LogP contribution in [0.2, 0.25) is 0 Å². The quantitative estimate of drug-likeness (QED) is 0.723. The molecule has 0 saturated carbocycles. The summed E-state index contributed by atoms with van der Waals surface area (Å²) in [6.07, 6.45) is 5.24. The van der Waals surface area contributed by atoms with Crippen molar-refractivity contribution in [3.8, 4) is 11.5 Å². The topological polar surface area (TPSA) is 41.6 Å². The van der Waals surface area contributed by atoms with Crippen LogP contribution in [-0.4, -0.2) is 15.0 Å². The average molecular weight is 175 g/mol. The van der Waals surface area contributed by atoms with Crippen molar-refractivity contribution in [2.45, 2.75) is 13.8 Å². The van der Waals surface area contributed by atoms with Crippen molar-refractivity contribution < 1.29 is 0 Å². The van der Waals surface area contributed by atoms with E-state index in [9.17, 15) is 0 Å². The number of imidazole rings is 1. The molecule has 0 aliphatic rings. The number of rotatable bonds is 1. The summed E-state index contributed by atoms with van der Waals surface area (Å²) < 4.78 is 0. The van der Waals surface area contributed by atoms with Gasteiger partial charge in [-0.05, 0) is 12.1 Å². The van der Waals surface area contributed by atoms with Crippen LogP contribution in [0.3, 0.4) is 0 Å². The molecule has 2 rings (SSSR count). The van der Waals surface area contributed by atoms with Gasteiger partial charge < -0.3 is 4.98 Å². The van der Waals surface area contributed by atoms with E-state index >= 15 is 0 Å². The molecule has 0 aromatic carbocycles. The molecule has 0 spiro atoms. The molecule has 1 N–H and O–H groups in total. The van der Waals surface area contributed by atoms with Crippen LogP contribution in [0.1, 0.15) is 13.8 Å². The molecule has 68 valence electrons. The van der Waals surface area contributed by atoms with Crippen LogP contribution in [-0.2, 0) is 0 Å². The summed E-state index contributed by atoms with van der Waals surface area (Å²) >= 11 is 0. The summed E-state index contributed by atoms with van der Waals surface area (Å²) in [6, 6.07) is 5.73. The van der Waals surface area contributed by atoms with Crippen LogP contribution in [0, 0.1) is 0 Å². The zero-order chi connectivity index (χ0) is 9.52. The Bertz CT molecular complexity index is 313. The number of nitrogens with one attached hydrogen (secondary N) is 1. The Kier molecular flexibility index (Phi) is 3.70. The fourth-order valence-electron chi connectivity index (χ4n) is 0.908. The minimum atomic E-state index is 0.811. The van der Waals surface area contributed by atoms with Gasteiger partial charge in [0.25, 0.3) is 0 Å². The molecule has 0 fully saturated rings. The molecule has 0 atom stereocenters. The lowest BCUT2D eigenvalue weighted by molar-refractivity contribution is 1.22. The van der Waals surface area contributed by atoms with Gasteiger partial charge >= 0.3 is 0 Å². The number of nitrogens with zero attached hydrogens (tertiary/aromatic N) is 2. The van der Waals surface area contributed by atoms with E-state index in [1.54, 1.807) is 18.6 Å². The highest BCUT2D eigenvalue weighted by Crippen LogP contribution is 2.08. The van der Waals surface area contributed by atoms with Crippen molar-refractivity contribution in [3.05, 3.63) is 36.8 Å². The average Bonchev–Trinajstić information content (AvgIpc) is 2.75. The third-order valence-electron chi connectivity index (χ3n) is 1.41. The third-order valence-corrected chi connectivity index (χ3v) is 1.41. The summed E-state index contributed by atoms with van der Waals surface area (Å²) in [5.41, 5.74) is 0.873. The minimum absolute atomic E-state index is 0.811. The van der Waals surface area contributed by atoms with Crippen molar-refractivity contribution in [2.75, 3.05) is 0 Å². The highest BCUT2D eigenvalue weighted by molar-refractivity contribution is 5.47. The van der Waals surface area contributed by atoms with Gasteiger partial charge in [0, 0.05) is 18.6 Å². The number of aromatic nitrogens is 3. The summed E-state index contributed by atoms with van der Waals surface area (Å²) in [7, 11) is 0. The Labute approximate surface area is 77.9 Å². The smallest absolute Gasteiger partial charge is 0.155 e. The fraction of sp³-hybridized carbons (Fsp3) is 0.200. The molecule has 0 bridgehead atoms. The molecular formula is C10H13N3. The molecular weight excluding hydrogens is 162 g/mol. The highest BCUT2D eigenvalue weighted by Gasteiger charge is 1.96. The molecule has 0 unspecified atom stereocenters. The van der Waals surface area contributed by atoms with E-state index < -0.39 is 0 Å². The second kappa shape index (κ2) is 5.09. The summed E-state index contributed by atoms with van der Waals surface area (Å²) in [5.74, 6) is 0.811. The molecule has 3 nitrogen and oxygen atoms in total. The second-order valence-corrected chi connectivity index (χ2v) is 2.15. The number of aromatic amines is 1. The van der Waals surface area contributed by atoms with Crippen molar-refractivity contribution >= 4 is 0 Å². The number of hydrogen-bond acceptors (Lipinski definition) is 2. The minimum Gasteiger partial charge on any atom is -0.343 e. The highest BCUT2D eigenvalue weighted by atomic mass is 14.9. The number of hydrogen-bond donors (Lipinski definition) is 1. The first-order valence-electron chi connectivity index (χ1n) is 4.37. The molecule has 0 saturated heterocycles. The van der Waals surface area contributed by atoms with Gasteiger partial charge in [-0.25, -0.2) is 4.98 Å². The van der Waals surface area contributed by atoms with Crippen LogP contribution < -0.4 is 0 Å². The fourth-order valence-corrected chi connectivity index (χ4v) is 0.908. The first kappa shape index (κ1) is 9.45. The van der Waals surface area contributed by atoms with Crippen LogP contribution >= 0.6 is 0 Å². The van der Waals surface area contributed by atoms with Crippen LogP contribution in [0.5, 0.6) is 0 Å². The summed E-state index contributed by atoms with van der Waals surface area (Å²) in [5, 5.41) is 0. The predicted octanol–water partition coefficient (Wildman–Crippen LogP) is 2.50. The Morgan fingerprint density at radius 3 is 2.46 bits per heavy atom. The standard InChI is InChI=1S/C8H7N3.C2H6/c1-2-4-9-7(3-1)8-10-5-6-11-8;1-2/h1-6H,(H,10,11);1-2H3. The lowest BCUT2D eigenvalue weighted by atomic mass is 10.3. The molecule has 13 heavy (non-hydrogen) atoms. The maximum Gasteiger partial charge on any atom is 0.155 e. The van der Waals surface area contributed by atoms with Crippen LogP contribution in [0.4, 0.5) is 0 Å². The molecule has 2 aromatic rings. The van der Waals surface area contributed by atoms with Gasteiger partial charge in [0.1, 0.15) is 5.69 Å². The van der Waals surface area contributed by atoms with Crippen LogP contribution in [0.15, 0.2) is 36.8 Å². The van der Waals surface area contributed by atoms with Gasteiger partial charge in [-0.1, -0.05) is 19.9 Å². The third kappa shape index (κ3) is 2.40. The van der Waals surface area contributed by atoms with Gasteiger partial charge in [0.05, 0.1) is 0 Å². The van der Waals surface area contributed by atoms with E-state index in [2.05, 4.69) is 15.0 Å². The van der Waals surface area contributed by atoms with E-state index in [1.807, 2.05) is 32.0 Å². The lowest BCUT2D eigenvalue weighted by Gasteiger charge is -1.91. The maximum atomic E-state index is 4.13. The molecule has 0 amide bonds. The van der Waals surface area contributed by atoms with Crippen molar-refractivity contribution in [1.29, 1.82) is 0 Å². The molecule has 2 heterocycles. The first-order valence-corrected chi connectivity index (χ1v) is 4.37. The summed E-state index contributed by atoms with van der Waals surface area (Å²) in [6.45, 7) is 4.00. The van der Waals surface area contributed by atoms with Gasteiger partial charge in [0.2, 0.25) is 0 Å². The molecule has 2 aromatic heterocycles. The first-order chi connectivity index (χ1) is 6.47. The SMILES string of the molecule is CC.c1ccc(-c2ncc[nH]2)nc1. The van der Waals surface area contributed by atoms with E-state index in [0.29, 0.717) is 0 Å². The van der Waals surface area contributed by atoms with Gasteiger partial charge in [0.15, 0.2) is 5.82 Å². The number of pyridine rings is 1. The summed E-state index contributed by atoms with van der Waals surface area (Å²) in [4.78, 5) is 11.2. The Hall–Kier alpha value is -1.64. The van der Waals surface area contributed by atoms with Gasteiger partial charge in [-0.3, -0.25) is 4.98 Å². The van der Waals surface area contributed by atoms with E-state index in [4.69, 9.17) is 0 Å². The molecule has 3 heteroatoms. The Morgan fingerprint density at radius 1 is 1.08 bits per heavy atom. The Morgan fingerprint density at radius 2 is 1.92 bits per heavy atom. The predicted molar refractivity (Wildman–Crippen MR) is 53.2 cm³/mol. The van der Waals surface area contributed by atoms with Crippen molar-refractivity contribution in [3.63, 3.8) is 0 Å².